The van der Waals surface area contributed by atoms with Crippen LogP contribution in [0.3, 0.4) is 0 Å². The number of benzene rings is 4. The first-order valence-electron chi connectivity index (χ1n) is 14.0. The Morgan fingerprint density at radius 2 is 1.59 bits per heavy atom. The van der Waals surface area contributed by atoms with E-state index in [0.717, 1.165) is 23.9 Å². The third-order valence-corrected chi connectivity index (χ3v) is 7.73. The van der Waals surface area contributed by atoms with E-state index in [-0.39, 0.29) is 16.4 Å². The second kappa shape index (κ2) is 15.5. The summed E-state index contributed by atoms with van der Waals surface area (Å²) in [6.07, 6.45) is -3.17. The third kappa shape index (κ3) is 9.38. The summed E-state index contributed by atoms with van der Waals surface area (Å²) in [5, 5.41) is 6.92. The second-order valence-corrected chi connectivity index (χ2v) is 11.6. The fourth-order valence-electron chi connectivity index (χ4n) is 4.15. The number of anilines is 2. The maximum atomic E-state index is 13.4. The molecule has 0 radical (unpaired) electrons. The van der Waals surface area contributed by atoms with Crippen LogP contribution < -0.4 is 20.7 Å². The van der Waals surface area contributed by atoms with E-state index in [4.69, 9.17) is 16.3 Å². The lowest BCUT2D eigenvalue weighted by molar-refractivity contribution is -0.137. The van der Waals surface area contributed by atoms with Gasteiger partial charge in [-0.15, -0.1) is 11.8 Å². The second-order valence-electron chi connectivity index (χ2n) is 9.76. The minimum Gasteiger partial charge on any atom is -0.493 e. The molecule has 4 aromatic carbocycles. The van der Waals surface area contributed by atoms with Gasteiger partial charge >= 0.3 is 6.18 Å². The zero-order valence-electron chi connectivity index (χ0n) is 24.7. The summed E-state index contributed by atoms with van der Waals surface area (Å²) in [6.45, 7) is 3.80. The molecule has 7 nitrogen and oxygen atoms in total. The molecule has 0 aliphatic heterocycles. The first kappa shape index (κ1) is 34.1. The van der Waals surface area contributed by atoms with E-state index >= 15 is 0 Å². The highest BCUT2D eigenvalue weighted by molar-refractivity contribution is 8.00. The molecule has 0 heterocycles. The molecule has 0 fully saturated rings. The summed E-state index contributed by atoms with van der Waals surface area (Å²) in [5.41, 5.74) is -0.0992. The van der Waals surface area contributed by atoms with Crippen LogP contribution in [0, 0.1) is 0 Å². The van der Waals surface area contributed by atoms with E-state index in [1.807, 2.05) is 6.92 Å². The summed E-state index contributed by atoms with van der Waals surface area (Å²) in [7, 11) is 0. The number of para-hydroxylation sites is 1. The first-order valence-corrected chi connectivity index (χ1v) is 15.3. The van der Waals surface area contributed by atoms with Crippen LogP contribution in [0.2, 0.25) is 5.02 Å². The van der Waals surface area contributed by atoms with Crippen molar-refractivity contribution in [3.05, 3.63) is 124 Å². The number of nitrogens with one attached hydrogen (secondary N) is 3. The lowest BCUT2D eigenvalue weighted by Crippen LogP contribution is -2.30. The van der Waals surface area contributed by atoms with Gasteiger partial charge in [0.15, 0.2) is 0 Å². The molecule has 0 aromatic heterocycles. The molecule has 46 heavy (non-hydrogen) atoms. The van der Waals surface area contributed by atoms with E-state index in [9.17, 15) is 27.6 Å². The van der Waals surface area contributed by atoms with Crippen molar-refractivity contribution in [2.24, 2.45) is 0 Å². The largest absolute Gasteiger partial charge is 0.493 e. The summed E-state index contributed by atoms with van der Waals surface area (Å²) >= 11 is 6.84. The highest BCUT2D eigenvalue weighted by Gasteiger charge is 2.34. The summed E-state index contributed by atoms with van der Waals surface area (Å²) in [5.74, 6) is -1.16. The van der Waals surface area contributed by atoms with Crippen LogP contribution in [-0.4, -0.2) is 29.6 Å². The van der Waals surface area contributed by atoms with Gasteiger partial charge in [-0.3, -0.25) is 14.4 Å². The maximum Gasteiger partial charge on any atom is 0.418 e. The Kier molecular flexibility index (Phi) is 11.5. The Hall–Kier alpha value is -4.74. The van der Waals surface area contributed by atoms with E-state index in [0.29, 0.717) is 34.1 Å². The Bertz CT molecular complexity index is 1730. The van der Waals surface area contributed by atoms with Gasteiger partial charge in [0.25, 0.3) is 11.8 Å². The monoisotopic (exact) mass is 667 g/mol. The Balaban J connectivity index is 1.47. The number of amides is 3. The van der Waals surface area contributed by atoms with Gasteiger partial charge in [-0.25, -0.2) is 0 Å². The number of hydrogen-bond acceptors (Lipinski definition) is 5. The average molecular weight is 668 g/mol. The zero-order valence-corrected chi connectivity index (χ0v) is 26.2. The molecule has 4 aromatic rings. The lowest BCUT2D eigenvalue weighted by atomic mass is 10.1. The number of halogens is 4. The zero-order chi connectivity index (χ0) is 33.3. The number of hydrogen-bond donors (Lipinski definition) is 3. The number of carbonyl (C=O) groups is 3. The summed E-state index contributed by atoms with van der Waals surface area (Å²) in [4.78, 5) is 39.7. The molecule has 238 valence electrons. The normalized spacial score (nSPS) is 12.2. The van der Waals surface area contributed by atoms with Gasteiger partial charge in [0.05, 0.1) is 23.1 Å². The van der Waals surface area contributed by atoms with Crippen LogP contribution in [0.5, 0.6) is 5.75 Å². The fourth-order valence-corrected chi connectivity index (χ4v) is 5.19. The van der Waals surface area contributed by atoms with E-state index in [1.54, 1.807) is 85.8 Å². The smallest absolute Gasteiger partial charge is 0.418 e. The molecule has 4 rings (SSSR count). The van der Waals surface area contributed by atoms with E-state index in [1.165, 1.54) is 12.1 Å². The van der Waals surface area contributed by atoms with Crippen molar-refractivity contribution in [2.45, 2.75) is 30.2 Å². The number of alkyl halides is 3. The predicted molar refractivity (Wildman–Crippen MR) is 175 cm³/mol. The average Bonchev–Trinajstić information content (AvgIpc) is 3.03. The topological polar surface area (TPSA) is 96.5 Å². The first-order chi connectivity index (χ1) is 21.9. The minimum absolute atomic E-state index is 0.0230. The van der Waals surface area contributed by atoms with Crippen molar-refractivity contribution < 1.29 is 32.3 Å². The molecule has 0 saturated carbocycles. The predicted octanol–water partition coefficient (Wildman–Crippen LogP) is 8.29. The molecular weight excluding hydrogens is 639 g/mol. The Morgan fingerprint density at radius 1 is 0.913 bits per heavy atom. The molecular formula is C34H29ClF3N3O4S. The van der Waals surface area contributed by atoms with Gasteiger partial charge in [-0.05, 0) is 80.6 Å². The molecule has 3 amide bonds. The highest BCUT2D eigenvalue weighted by atomic mass is 35.5. The van der Waals surface area contributed by atoms with Crippen molar-refractivity contribution in [3.63, 3.8) is 0 Å². The van der Waals surface area contributed by atoms with Gasteiger partial charge in [0, 0.05) is 26.7 Å². The quantitative estimate of drug-likeness (QED) is 0.111. The highest BCUT2D eigenvalue weighted by Crippen LogP contribution is 2.37. The Labute approximate surface area is 273 Å². The fraction of sp³-hybridized carbons (Fsp3) is 0.147. The van der Waals surface area contributed by atoms with Crippen molar-refractivity contribution in [3.8, 4) is 5.75 Å². The lowest BCUT2D eigenvalue weighted by Gasteiger charge is -2.17. The molecule has 0 aliphatic rings. The van der Waals surface area contributed by atoms with Gasteiger partial charge in [0.2, 0.25) is 5.91 Å². The van der Waals surface area contributed by atoms with Crippen molar-refractivity contribution >= 4 is 58.5 Å². The molecule has 0 spiro atoms. The van der Waals surface area contributed by atoms with Crippen LogP contribution in [0.15, 0.2) is 108 Å². The summed E-state index contributed by atoms with van der Waals surface area (Å²) in [6, 6.07) is 25.2. The minimum atomic E-state index is -4.70. The van der Waals surface area contributed by atoms with Crippen LogP contribution >= 0.6 is 23.4 Å². The van der Waals surface area contributed by atoms with Crippen LogP contribution in [-0.2, 0) is 15.8 Å². The van der Waals surface area contributed by atoms with Crippen molar-refractivity contribution in [1.29, 1.82) is 0 Å². The number of carbonyl (C=O) groups excluding carboxylic acids is 3. The molecule has 1 unspecified atom stereocenters. The van der Waals surface area contributed by atoms with Crippen LogP contribution in [0.1, 0.15) is 35.3 Å². The summed E-state index contributed by atoms with van der Waals surface area (Å²) < 4.78 is 46.0. The molecule has 0 aliphatic carbocycles. The van der Waals surface area contributed by atoms with Gasteiger partial charge < -0.3 is 20.7 Å². The Morgan fingerprint density at radius 3 is 2.26 bits per heavy atom. The molecule has 12 heteroatoms. The van der Waals surface area contributed by atoms with E-state index < -0.39 is 34.7 Å². The molecule has 3 N–H and O–H groups in total. The van der Waals surface area contributed by atoms with Gasteiger partial charge in [-0.1, -0.05) is 48.0 Å². The third-order valence-electron chi connectivity index (χ3n) is 6.39. The van der Waals surface area contributed by atoms with Crippen LogP contribution in [0.4, 0.5) is 24.5 Å². The van der Waals surface area contributed by atoms with Gasteiger partial charge in [-0.2, -0.15) is 13.2 Å². The van der Waals surface area contributed by atoms with E-state index in [2.05, 4.69) is 16.0 Å². The van der Waals surface area contributed by atoms with Crippen molar-refractivity contribution in [1.82, 2.24) is 5.32 Å². The molecule has 0 saturated heterocycles. The number of rotatable bonds is 11. The standard InChI is InChI=1S/C34H29ClF3N3O4S/c1-3-45-30-12-8-7-11-23(30)19-29(41-32(43)22-9-5-4-6-10-22)33(44)39-25-14-16-26(17-15-25)46-21(2)31(42)40-28-18-13-24(35)20-27(28)34(36,37)38/h4-21H,3H2,1-2H3,(H,39,44)(H,40,42)(H,41,43)/b29-19-. The molecule has 1 atom stereocenters. The molecule has 0 bridgehead atoms. The maximum absolute atomic E-state index is 13.4. The van der Waals surface area contributed by atoms with Crippen molar-refractivity contribution in [2.75, 3.05) is 17.2 Å². The number of ether oxygens (including phenoxy) is 1. The van der Waals surface area contributed by atoms with Crippen LogP contribution in [0.25, 0.3) is 6.08 Å². The van der Waals surface area contributed by atoms with Gasteiger partial charge in [0.1, 0.15) is 11.4 Å². The number of thioether (sulfide) groups is 1. The SMILES string of the molecule is CCOc1ccccc1/C=C(\NC(=O)c1ccccc1)C(=O)Nc1ccc(SC(C)C(=O)Nc2ccc(Cl)cc2C(F)(F)F)cc1.